The lowest BCUT2D eigenvalue weighted by Gasteiger charge is -2.11. The molecule has 3 N–H and O–H groups in total. The molecule has 1 aromatic carbocycles. The van der Waals surface area contributed by atoms with Crippen LogP contribution in [0, 0.1) is 0 Å². The van der Waals surface area contributed by atoms with Gasteiger partial charge in [0.1, 0.15) is 4.90 Å². The Labute approximate surface area is 135 Å². The molecule has 0 unspecified atom stereocenters. The number of hydrogen-bond acceptors (Lipinski definition) is 4. The topological polar surface area (TPSA) is 81.4 Å². The van der Waals surface area contributed by atoms with Crippen LogP contribution in [0.4, 0.5) is 5.69 Å². The number of nitrogens with two attached hydrogens (primary N) is 1. The largest absolute Gasteiger partial charge is 0.399 e. The van der Waals surface area contributed by atoms with E-state index in [4.69, 9.17) is 10.5 Å². The van der Waals surface area contributed by atoms with Gasteiger partial charge in [-0.25, -0.2) is 13.1 Å². The maximum Gasteiger partial charge on any atom is 0.242 e. The zero-order chi connectivity index (χ0) is 15.2. The van der Waals surface area contributed by atoms with Crippen molar-refractivity contribution in [3.05, 3.63) is 33.7 Å². The monoisotopic (exact) mass is 426 g/mol. The first-order valence-corrected chi connectivity index (χ1v) is 8.88. The summed E-state index contributed by atoms with van der Waals surface area (Å²) in [5.41, 5.74) is 6.10. The molecular formula is C12H16Br2N2O3S. The van der Waals surface area contributed by atoms with Gasteiger partial charge in [-0.15, -0.1) is 6.58 Å². The van der Waals surface area contributed by atoms with E-state index in [0.29, 0.717) is 27.8 Å². The number of rotatable bonds is 8. The van der Waals surface area contributed by atoms with Gasteiger partial charge in [0.2, 0.25) is 10.0 Å². The zero-order valence-corrected chi connectivity index (χ0v) is 14.7. The predicted octanol–water partition coefficient (Wildman–Crippen LogP) is 2.66. The number of benzene rings is 1. The third kappa shape index (κ3) is 5.17. The molecule has 0 saturated heterocycles. The van der Waals surface area contributed by atoms with Crippen LogP contribution in [0.15, 0.2) is 38.6 Å². The molecule has 20 heavy (non-hydrogen) atoms. The van der Waals surface area contributed by atoms with E-state index in [1.165, 1.54) is 0 Å². The van der Waals surface area contributed by atoms with Crippen LogP contribution in [0.3, 0.4) is 0 Å². The fourth-order valence-corrected chi connectivity index (χ4v) is 5.05. The Kier molecular flexibility index (Phi) is 7.18. The van der Waals surface area contributed by atoms with Crippen LogP contribution >= 0.6 is 31.9 Å². The molecule has 0 fully saturated rings. The van der Waals surface area contributed by atoms with Crippen molar-refractivity contribution in [1.82, 2.24) is 4.72 Å². The molecule has 0 spiro atoms. The average molecular weight is 428 g/mol. The third-order valence-electron chi connectivity index (χ3n) is 2.29. The highest BCUT2D eigenvalue weighted by Gasteiger charge is 2.21. The summed E-state index contributed by atoms with van der Waals surface area (Å²) in [6, 6.07) is 3.08. The van der Waals surface area contributed by atoms with Crippen LogP contribution in [-0.2, 0) is 14.8 Å². The van der Waals surface area contributed by atoms with E-state index in [2.05, 4.69) is 43.2 Å². The Morgan fingerprint density at radius 2 is 1.90 bits per heavy atom. The number of halogens is 2. The highest BCUT2D eigenvalue weighted by atomic mass is 79.9. The van der Waals surface area contributed by atoms with E-state index in [1.54, 1.807) is 18.2 Å². The molecule has 0 radical (unpaired) electrons. The van der Waals surface area contributed by atoms with Crippen LogP contribution in [-0.4, -0.2) is 28.2 Å². The van der Waals surface area contributed by atoms with Gasteiger partial charge in [0, 0.05) is 21.2 Å². The van der Waals surface area contributed by atoms with Crippen molar-refractivity contribution in [1.29, 1.82) is 0 Å². The second kappa shape index (κ2) is 8.14. The van der Waals surface area contributed by atoms with Crippen molar-refractivity contribution in [3.8, 4) is 0 Å². The van der Waals surface area contributed by atoms with Crippen molar-refractivity contribution in [2.45, 2.75) is 11.3 Å². The molecule has 0 aliphatic carbocycles. The van der Waals surface area contributed by atoms with E-state index < -0.39 is 10.0 Å². The molecule has 0 aromatic heterocycles. The smallest absolute Gasteiger partial charge is 0.242 e. The molecule has 0 heterocycles. The van der Waals surface area contributed by atoms with Gasteiger partial charge in [-0.3, -0.25) is 0 Å². The Hall–Kier alpha value is -0.410. The van der Waals surface area contributed by atoms with E-state index in [-0.39, 0.29) is 11.4 Å². The number of ether oxygens (including phenoxy) is 1. The number of nitrogen functional groups attached to an aromatic ring is 1. The summed E-state index contributed by atoms with van der Waals surface area (Å²) >= 11 is 6.41. The van der Waals surface area contributed by atoms with Crippen molar-refractivity contribution >= 4 is 47.6 Å². The lowest BCUT2D eigenvalue weighted by atomic mass is 10.3. The van der Waals surface area contributed by atoms with Crippen molar-refractivity contribution < 1.29 is 13.2 Å². The molecule has 0 aliphatic rings. The molecule has 1 rings (SSSR count). The van der Waals surface area contributed by atoms with Gasteiger partial charge in [-0.1, -0.05) is 6.08 Å². The summed E-state index contributed by atoms with van der Waals surface area (Å²) in [7, 11) is -3.63. The van der Waals surface area contributed by atoms with Gasteiger partial charge in [-0.05, 0) is 50.4 Å². The molecule has 1 aromatic rings. The zero-order valence-electron chi connectivity index (χ0n) is 10.7. The first-order chi connectivity index (χ1) is 9.38. The quantitative estimate of drug-likeness (QED) is 0.379. The van der Waals surface area contributed by atoms with Crippen molar-refractivity contribution in [2.75, 3.05) is 25.5 Å². The molecule has 0 atom stereocenters. The van der Waals surface area contributed by atoms with Crippen LogP contribution in [0.25, 0.3) is 0 Å². The molecule has 112 valence electrons. The van der Waals surface area contributed by atoms with Gasteiger partial charge < -0.3 is 10.5 Å². The maximum absolute atomic E-state index is 12.2. The fourth-order valence-electron chi connectivity index (χ4n) is 1.43. The van der Waals surface area contributed by atoms with Gasteiger partial charge >= 0.3 is 0 Å². The Balaban J connectivity index is 2.68. The van der Waals surface area contributed by atoms with Crippen LogP contribution in [0.5, 0.6) is 0 Å². The average Bonchev–Trinajstić information content (AvgIpc) is 2.31. The Morgan fingerprint density at radius 1 is 1.30 bits per heavy atom. The highest BCUT2D eigenvalue weighted by Crippen LogP contribution is 2.32. The second-order valence-corrected chi connectivity index (χ2v) is 7.31. The minimum absolute atomic E-state index is 0.123. The lowest BCUT2D eigenvalue weighted by molar-refractivity contribution is 0.144. The molecule has 0 saturated carbocycles. The maximum atomic E-state index is 12.2. The van der Waals surface area contributed by atoms with Gasteiger partial charge in [0.25, 0.3) is 0 Å². The highest BCUT2D eigenvalue weighted by molar-refractivity contribution is 9.11. The van der Waals surface area contributed by atoms with Crippen molar-refractivity contribution in [3.63, 3.8) is 0 Å². The van der Waals surface area contributed by atoms with Gasteiger partial charge in [0.05, 0.1) is 13.2 Å². The summed E-state index contributed by atoms with van der Waals surface area (Å²) in [5.74, 6) is 0. The Morgan fingerprint density at radius 3 is 2.45 bits per heavy atom. The standard InChI is InChI=1S/C12H16Br2N2O3S/c1-2-3-5-19-6-4-16-20(17,18)12-10(13)7-9(15)8-11(12)14/h2,7-8,16H,1,3-6,15H2. The molecular weight excluding hydrogens is 412 g/mol. The summed E-state index contributed by atoms with van der Waals surface area (Å²) in [4.78, 5) is 0.123. The number of nitrogens with one attached hydrogen (secondary N) is 1. The van der Waals surface area contributed by atoms with Crippen LogP contribution in [0.1, 0.15) is 6.42 Å². The van der Waals surface area contributed by atoms with E-state index in [9.17, 15) is 8.42 Å². The first kappa shape index (κ1) is 17.6. The molecule has 8 heteroatoms. The molecule has 0 aliphatic heterocycles. The van der Waals surface area contributed by atoms with Crippen LogP contribution in [0.2, 0.25) is 0 Å². The minimum atomic E-state index is -3.63. The number of anilines is 1. The summed E-state index contributed by atoms with van der Waals surface area (Å²) in [6.45, 7) is 4.60. The number of sulfonamides is 1. The van der Waals surface area contributed by atoms with Crippen molar-refractivity contribution in [2.24, 2.45) is 0 Å². The summed E-state index contributed by atoms with van der Waals surface area (Å²) in [5, 5.41) is 0. The molecule has 0 amide bonds. The Bertz CT molecular complexity index is 553. The predicted molar refractivity (Wildman–Crippen MR) is 87.1 cm³/mol. The number of hydrogen-bond donors (Lipinski definition) is 2. The third-order valence-corrected chi connectivity index (χ3v) is 5.63. The normalized spacial score (nSPS) is 11.5. The van der Waals surface area contributed by atoms with E-state index in [1.807, 2.05) is 0 Å². The summed E-state index contributed by atoms with van der Waals surface area (Å²) in [6.07, 6.45) is 2.48. The van der Waals surface area contributed by atoms with Crippen LogP contribution < -0.4 is 10.5 Å². The first-order valence-electron chi connectivity index (χ1n) is 5.81. The van der Waals surface area contributed by atoms with E-state index in [0.717, 1.165) is 6.42 Å². The summed E-state index contributed by atoms with van der Waals surface area (Å²) < 4.78 is 32.9. The molecule has 5 nitrogen and oxygen atoms in total. The SMILES string of the molecule is C=CCCOCCNS(=O)(=O)c1c(Br)cc(N)cc1Br. The van der Waals surface area contributed by atoms with Gasteiger partial charge in [-0.2, -0.15) is 0 Å². The fraction of sp³-hybridized carbons (Fsp3) is 0.333. The second-order valence-electron chi connectivity index (χ2n) is 3.90. The van der Waals surface area contributed by atoms with E-state index >= 15 is 0 Å². The van der Waals surface area contributed by atoms with Gasteiger partial charge in [0.15, 0.2) is 0 Å². The lowest BCUT2D eigenvalue weighted by Crippen LogP contribution is -2.28. The molecule has 0 bridgehead atoms. The minimum Gasteiger partial charge on any atom is -0.399 e.